The molecule has 2 atom stereocenters. The van der Waals surface area contributed by atoms with Crippen molar-refractivity contribution in [1.82, 2.24) is 10.6 Å². The highest BCUT2D eigenvalue weighted by Crippen LogP contribution is 2.25. The maximum absolute atomic E-state index is 11.7. The second-order valence-corrected chi connectivity index (χ2v) is 5.95. The Morgan fingerprint density at radius 1 is 1.33 bits per heavy atom. The van der Waals surface area contributed by atoms with Gasteiger partial charge >= 0.3 is 6.03 Å². The van der Waals surface area contributed by atoms with E-state index in [2.05, 4.69) is 10.6 Å². The van der Waals surface area contributed by atoms with E-state index in [1.807, 2.05) is 31.4 Å². The first-order valence-corrected chi connectivity index (χ1v) is 7.02. The number of rotatable bonds is 4. The predicted octanol–water partition coefficient (Wildman–Crippen LogP) is 2.90. The molecule has 18 heavy (non-hydrogen) atoms. The van der Waals surface area contributed by atoms with E-state index in [0.29, 0.717) is 0 Å². The molecule has 0 aromatic carbocycles. The third-order valence-corrected chi connectivity index (χ3v) is 3.55. The molecule has 2 N–H and O–H groups in total. The molecular formula is C12H17ClN2O2S. The maximum Gasteiger partial charge on any atom is 0.321 e. The lowest BCUT2D eigenvalue weighted by Gasteiger charge is -2.21. The Labute approximate surface area is 116 Å². The zero-order chi connectivity index (χ0) is 13.7. The van der Waals surface area contributed by atoms with Gasteiger partial charge in [0.05, 0.1) is 6.04 Å². The number of amides is 3. The maximum atomic E-state index is 11.7. The van der Waals surface area contributed by atoms with Gasteiger partial charge in [0, 0.05) is 4.88 Å². The molecule has 0 aliphatic carbocycles. The van der Waals surface area contributed by atoms with Crippen molar-refractivity contribution < 1.29 is 9.59 Å². The van der Waals surface area contributed by atoms with Crippen molar-refractivity contribution in [3.05, 3.63) is 22.4 Å². The van der Waals surface area contributed by atoms with Crippen LogP contribution in [0.3, 0.4) is 0 Å². The van der Waals surface area contributed by atoms with Crippen molar-refractivity contribution in [2.24, 2.45) is 5.92 Å². The van der Waals surface area contributed by atoms with E-state index >= 15 is 0 Å². The highest BCUT2D eigenvalue weighted by atomic mass is 35.5. The van der Waals surface area contributed by atoms with E-state index in [4.69, 9.17) is 11.6 Å². The normalized spacial score (nSPS) is 14.1. The molecule has 100 valence electrons. The summed E-state index contributed by atoms with van der Waals surface area (Å²) in [6.07, 6.45) is 0. The summed E-state index contributed by atoms with van der Waals surface area (Å²) in [6.45, 7) is 5.54. The lowest BCUT2D eigenvalue weighted by atomic mass is 10.0. The molecule has 0 spiro atoms. The van der Waals surface area contributed by atoms with Gasteiger partial charge in [0.25, 0.3) is 0 Å². The number of thiophene rings is 1. The summed E-state index contributed by atoms with van der Waals surface area (Å²) in [7, 11) is 0. The van der Waals surface area contributed by atoms with E-state index in [-0.39, 0.29) is 12.0 Å². The first kappa shape index (κ1) is 15.0. The summed E-state index contributed by atoms with van der Waals surface area (Å²) in [6, 6.07) is 3.27. The SMILES string of the molecule is CC(Cl)C(=O)NC(=O)NC(c1cccs1)C(C)C. The summed E-state index contributed by atoms with van der Waals surface area (Å²) in [5, 5.41) is 6.22. The number of halogens is 1. The van der Waals surface area contributed by atoms with Crippen molar-refractivity contribution in [1.29, 1.82) is 0 Å². The average Bonchev–Trinajstić information content (AvgIpc) is 2.78. The van der Waals surface area contributed by atoms with Crippen LogP contribution in [0.25, 0.3) is 0 Å². The number of alkyl halides is 1. The van der Waals surface area contributed by atoms with Crippen molar-refractivity contribution in [3.8, 4) is 0 Å². The van der Waals surface area contributed by atoms with Crippen LogP contribution in [0.4, 0.5) is 4.79 Å². The van der Waals surface area contributed by atoms with E-state index in [1.165, 1.54) is 6.92 Å². The minimum Gasteiger partial charge on any atom is -0.330 e. The summed E-state index contributed by atoms with van der Waals surface area (Å²) >= 11 is 7.15. The minimum absolute atomic E-state index is 0.108. The molecule has 2 unspecified atom stereocenters. The van der Waals surface area contributed by atoms with Gasteiger partial charge in [0.2, 0.25) is 5.91 Å². The Hall–Kier alpha value is -1.07. The van der Waals surface area contributed by atoms with Crippen LogP contribution in [0.2, 0.25) is 0 Å². The van der Waals surface area contributed by atoms with Gasteiger partial charge in [-0.05, 0) is 24.3 Å². The molecule has 0 fully saturated rings. The van der Waals surface area contributed by atoms with Gasteiger partial charge in [-0.3, -0.25) is 10.1 Å². The molecule has 4 nitrogen and oxygen atoms in total. The molecule has 1 aromatic rings. The lowest BCUT2D eigenvalue weighted by molar-refractivity contribution is -0.119. The summed E-state index contributed by atoms with van der Waals surface area (Å²) in [5.41, 5.74) is 0. The Bertz CT molecular complexity index is 404. The van der Waals surface area contributed by atoms with Gasteiger partial charge in [-0.15, -0.1) is 22.9 Å². The smallest absolute Gasteiger partial charge is 0.321 e. The quantitative estimate of drug-likeness (QED) is 0.837. The fourth-order valence-electron chi connectivity index (χ4n) is 1.42. The van der Waals surface area contributed by atoms with Gasteiger partial charge in [0.15, 0.2) is 0 Å². The standard InChI is InChI=1S/C12H17ClN2O2S/c1-7(2)10(9-5-4-6-18-9)14-12(17)15-11(16)8(3)13/h4-8,10H,1-3H3,(H2,14,15,16,17). The Balaban J connectivity index is 2.63. The number of carbonyl (C=O) groups excluding carboxylic acids is 2. The Kier molecular flexibility index (Phi) is 5.62. The molecule has 1 aromatic heterocycles. The molecule has 0 saturated carbocycles. The fraction of sp³-hybridized carbons (Fsp3) is 0.500. The van der Waals surface area contributed by atoms with Crippen LogP contribution in [0.15, 0.2) is 17.5 Å². The zero-order valence-electron chi connectivity index (χ0n) is 10.6. The van der Waals surface area contributed by atoms with Gasteiger partial charge in [-0.1, -0.05) is 19.9 Å². The molecule has 0 radical (unpaired) electrons. The average molecular weight is 289 g/mol. The zero-order valence-corrected chi connectivity index (χ0v) is 12.1. The summed E-state index contributed by atoms with van der Waals surface area (Å²) < 4.78 is 0. The van der Waals surface area contributed by atoms with Gasteiger partial charge < -0.3 is 5.32 Å². The highest BCUT2D eigenvalue weighted by molar-refractivity contribution is 7.10. The van der Waals surface area contributed by atoms with Gasteiger partial charge in [-0.2, -0.15) is 0 Å². The molecule has 0 aliphatic heterocycles. The lowest BCUT2D eigenvalue weighted by Crippen LogP contribution is -2.44. The molecular weight excluding hydrogens is 272 g/mol. The third-order valence-electron chi connectivity index (χ3n) is 2.40. The topological polar surface area (TPSA) is 58.2 Å². The van der Waals surface area contributed by atoms with Crippen molar-refractivity contribution in [2.75, 3.05) is 0 Å². The molecule has 6 heteroatoms. The second kappa shape index (κ2) is 6.75. The minimum atomic E-state index is -0.727. The van der Waals surface area contributed by atoms with E-state index < -0.39 is 17.3 Å². The monoisotopic (exact) mass is 288 g/mol. The highest BCUT2D eigenvalue weighted by Gasteiger charge is 2.21. The van der Waals surface area contributed by atoms with Crippen LogP contribution >= 0.6 is 22.9 Å². The molecule has 0 bridgehead atoms. The van der Waals surface area contributed by atoms with Crippen LogP contribution in [0.5, 0.6) is 0 Å². The van der Waals surface area contributed by atoms with E-state index in [0.717, 1.165) is 4.88 Å². The number of urea groups is 1. The summed E-state index contributed by atoms with van der Waals surface area (Å²) in [5.74, 6) is -0.263. The van der Waals surface area contributed by atoms with Crippen LogP contribution in [0.1, 0.15) is 31.7 Å². The molecule has 3 amide bonds. The number of nitrogens with one attached hydrogen (secondary N) is 2. The number of carbonyl (C=O) groups is 2. The van der Waals surface area contributed by atoms with Crippen molar-refractivity contribution in [2.45, 2.75) is 32.2 Å². The molecule has 0 saturated heterocycles. The second-order valence-electron chi connectivity index (χ2n) is 4.32. The molecule has 1 heterocycles. The van der Waals surface area contributed by atoms with E-state index in [9.17, 15) is 9.59 Å². The third kappa shape index (κ3) is 4.31. The number of hydrogen-bond donors (Lipinski definition) is 2. The number of imide groups is 1. The van der Waals surface area contributed by atoms with Crippen molar-refractivity contribution in [3.63, 3.8) is 0 Å². The van der Waals surface area contributed by atoms with Gasteiger partial charge in [-0.25, -0.2) is 4.79 Å². The fourth-order valence-corrected chi connectivity index (χ4v) is 2.43. The summed E-state index contributed by atoms with van der Waals surface area (Å²) in [4.78, 5) is 24.0. The Morgan fingerprint density at radius 2 is 2.00 bits per heavy atom. The van der Waals surface area contributed by atoms with Crippen LogP contribution in [-0.2, 0) is 4.79 Å². The predicted molar refractivity (Wildman–Crippen MR) is 73.9 cm³/mol. The Morgan fingerprint density at radius 3 is 2.44 bits per heavy atom. The van der Waals surface area contributed by atoms with Crippen LogP contribution in [-0.4, -0.2) is 17.3 Å². The van der Waals surface area contributed by atoms with Gasteiger partial charge in [0.1, 0.15) is 5.38 Å². The van der Waals surface area contributed by atoms with Crippen molar-refractivity contribution >= 4 is 34.9 Å². The van der Waals surface area contributed by atoms with Crippen LogP contribution in [0, 0.1) is 5.92 Å². The van der Waals surface area contributed by atoms with E-state index in [1.54, 1.807) is 11.3 Å². The number of hydrogen-bond acceptors (Lipinski definition) is 3. The molecule has 0 aliphatic rings. The largest absolute Gasteiger partial charge is 0.330 e. The van der Waals surface area contributed by atoms with Crippen LogP contribution < -0.4 is 10.6 Å². The first-order chi connectivity index (χ1) is 8.41. The first-order valence-electron chi connectivity index (χ1n) is 5.70. The molecule has 1 rings (SSSR count).